The van der Waals surface area contributed by atoms with Crippen LogP contribution in [0.4, 0.5) is 0 Å². The molecule has 1 N–H and O–H groups in total. The standard InChI is InChI=1S/C24H31N5O2S/c1-16-4-6-20(7-5-16)14-21-17(2)26-23-27-24(28-29(23)18(21)3)32-15-22(30)25-11-8-19-9-12-31-13-10-19/h4-7,19H,8-15H2,1-3H3,(H,25,30). The van der Waals surface area contributed by atoms with Crippen LogP contribution in [-0.4, -0.2) is 51.0 Å². The van der Waals surface area contributed by atoms with Crippen molar-refractivity contribution in [3.05, 3.63) is 52.3 Å². The summed E-state index contributed by atoms with van der Waals surface area (Å²) in [5.74, 6) is 1.55. The quantitative estimate of drug-likeness (QED) is 0.524. The number of hydrogen-bond donors (Lipinski definition) is 1. The fraction of sp³-hybridized carbons (Fsp3) is 0.500. The zero-order chi connectivity index (χ0) is 22.5. The second-order valence-corrected chi connectivity index (χ2v) is 9.46. The molecule has 3 aromatic rings. The zero-order valence-electron chi connectivity index (χ0n) is 19.1. The molecule has 0 aliphatic carbocycles. The Kier molecular flexibility index (Phi) is 7.42. The number of fused-ring (bicyclic) bond motifs is 1. The summed E-state index contributed by atoms with van der Waals surface area (Å²) >= 11 is 1.35. The molecule has 8 heteroatoms. The summed E-state index contributed by atoms with van der Waals surface area (Å²) < 4.78 is 7.18. The molecule has 0 radical (unpaired) electrons. The molecular formula is C24H31N5O2S. The number of rotatable bonds is 8. The van der Waals surface area contributed by atoms with Crippen molar-refractivity contribution in [2.24, 2.45) is 5.92 Å². The maximum Gasteiger partial charge on any atom is 0.253 e. The predicted molar refractivity (Wildman–Crippen MR) is 126 cm³/mol. The third kappa shape index (κ3) is 5.66. The van der Waals surface area contributed by atoms with E-state index in [1.54, 1.807) is 4.52 Å². The Morgan fingerprint density at radius 2 is 1.91 bits per heavy atom. The Morgan fingerprint density at radius 1 is 1.16 bits per heavy atom. The van der Waals surface area contributed by atoms with E-state index in [0.717, 1.165) is 55.8 Å². The maximum absolute atomic E-state index is 12.2. The van der Waals surface area contributed by atoms with Crippen LogP contribution < -0.4 is 5.32 Å². The molecule has 0 spiro atoms. The van der Waals surface area contributed by atoms with Crippen LogP contribution in [0, 0.1) is 26.7 Å². The summed E-state index contributed by atoms with van der Waals surface area (Å²) in [7, 11) is 0. The second kappa shape index (κ2) is 10.4. The molecule has 0 atom stereocenters. The van der Waals surface area contributed by atoms with Crippen LogP contribution in [0.3, 0.4) is 0 Å². The van der Waals surface area contributed by atoms with Crippen LogP contribution in [0.5, 0.6) is 0 Å². The number of ether oxygens (including phenoxy) is 1. The van der Waals surface area contributed by atoms with Gasteiger partial charge in [0.05, 0.1) is 5.75 Å². The Morgan fingerprint density at radius 3 is 2.66 bits per heavy atom. The van der Waals surface area contributed by atoms with Gasteiger partial charge in [0, 0.05) is 37.6 Å². The fourth-order valence-electron chi connectivity index (χ4n) is 4.05. The van der Waals surface area contributed by atoms with Crippen LogP contribution in [0.25, 0.3) is 5.78 Å². The summed E-state index contributed by atoms with van der Waals surface area (Å²) in [6.07, 6.45) is 4.00. The van der Waals surface area contributed by atoms with Crippen LogP contribution in [0.2, 0.25) is 0 Å². The first kappa shape index (κ1) is 22.7. The molecule has 1 fully saturated rings. The minimum Gasteiger partial charge on any atom is -0.381 e. The molecule has 1 aromatic carbocycles. The van der Waals surface area contributed by atoms with E-state index in [9.17, 15) is 4.79 Å². The number of hydrogen-bond acceptors (Lipinski definition) is 6. The first-order chi connectivity index (χ1) is 15.5. The molecule has 170 valence electrons. The van der Waals surface area contributed by atoms with Crippen molar-refractivity contribution in [1.82, 2.24) is 24.9 Å². The molecule has 2 aromatic heterocycles. The average molecular weight is 454 g/mol. The van der Waals surface area contributed by atoms with Gasteiger partial charge >= 0.3 is 0 Å². The molecule has 0 saturated carbocycles. The maximum atomic E-state index is 12.2. The number of thioether (sulfide) groups is 1. The summed E-state index contributed by atoms with van der Waals surface area (Å²) in [6, 6.07) is 8.57. The lowest BCUT2D eigenvalue weighted by Gasteiger charge is -2.21. The second-order valence-electron chi connectivity index (χ2n) is 8.51. The molecule has 0 bridgehead atoms. The third-order valence-corrected chi connectivity index (χ3v) is 6.92. The average Bonchev–Trinajstić information content (AvgIpc) is 3.20. The topological polar surface area (TPSA) is 81.4 Å². The molecule has 3 heterocycles. The van der Waals surface area contributed by atoms with Gasteiger partial charge in [-0.25, -0.2) is 9.50 Å². The van der Waals surface area contributed by atoms with Gasteiger partial charge in [-0.3, -0.25) is 4.79 Å². The third-order valence-electron chi connectivity index (χ3n) is 6.08. The zero-order valence-corrected chi connectivity index (χ0v) is 19.9. The van der Waals surface area contributed by atoms with Crippen molar-refractivity contribution in [3.63, 3.8) is 0 Å². The first-order valence-electron chi connectivity index (χ1n) is 11.2. The lowest BCUT2D eigenvalue weighted by Crippen LogP contribution is -2.28. The molecule has 4 rings (SSSR count). The van der Waals surface area contributed by atoms with E-state index in [4.69, 9.17) is 4.74 Å². The number of benzene rings is 1. The van der Waals surface area contributed by atoms with Gasteiger partial charge in [0.15, 0.2) is 0 Å². The fourth-order valence-corrected chi connectivity index (χ4v) is 4.70. The normalized spacial score (nSPS) is 14.7. The van der Waals surface area contributed by atoms with Crippen molar-refractivity contribution in [1.29, 1.82) is 0 Å². The Bertz CT molecular complexity index is 1070. The molecule has 7 nitrogen and oxygen atoms in total. The van der Waals surface area contributed by atoms with Gasteiger partial charge in [-0.1, -0.05) is 41.6 Å². The minimum atomic E-state index is 0.0156. The SMILES string of the molecule is Cc1ccc(Cc2c(C)nc3nc(SCC(=O)NCCC4CCOCC4)nn3c2C)cc1. The van der Waals surface area contributed by atoms with Gasteiger partial charge in [0.25, 0.3) is 5.78 Å². The van der Waals surface area contributed by atoms with Gasteiger partial charge in [-0.05, 0) is 57.1 Å². The highest BCUT2D eigenvalue weighted by atomic mass is 32.2. The molecule has 1 amide bonds. The van der Waals surface area contributed by atoms with E-state index in [-0.39, 0.29) is 5.91 Å². The predicted octanol–water partition coefficient (Wildman–Crippen LogP) is 3.67. The molecule has 1 aliphatic heterocycles. The van der Waals surface area contributed by atoms with Crippen LogP contribution in [-0.2, 0) is 16.0 Å². The van der Waals surface area contributed by atoms with Crippen molar-refractivity contribution in [2.75, 3.05) is 25.5 Å². The molecule has 32 heavy (non-hydrogen) atoms. The van der Waals surface area contributed by atoms with Crippen LogP contribution >= 0.6 is 11.8 Å². The summed E-state index contributed by atoms with van der Waals surface area (Å²) in [5.41, 5.74) is 5.66. The van der Waals surface area contributed by atoms with E-state index < -0.39 is 0 Å². The number of carbonyl (C=O) groups excluding carboxylic acids is 1. The van der Waals surface area contributed by atoms with E-state index >= 15 is 0 Å². The number of aryl methyl sites for hydroxylation is 3. The largest absolute Gasteiger partial charge is 0.381 e. The van der Waals surface area contributed by atoms with Gasteiger partial charge in [0.1, 0.15) is 0 Å². The number of carbonyl (C=O) groups is 1. The highest BCUT2D eigenvalue weighted by molar-refractivity contribution is 7.99. The van der Waals surface area contributed by atoms with E-state index in [0.29, 0.717) is 29.1 Å². The van der Waals surface area contributed by atoms with Crippen LogP contribution in [0.15, 0.2) is 29.4 Å². The number of aromatic nitrogens is 4. The smallest absolute Gasteiger partial charge is 0.253 e. The number of nitrogens with zero attached hydrogens (tertiary/aromatic N) is 4. The van der Waals surface area contributed by atoms with Crippen molar-refractivity contribution in [3.8, 4) is 0 Å². The summed E-state index contributed by atoms with van der Waals surface area (Å²) in [6.45, 7) is 8.56. The summed E-state index contributed by atoms with van der Waals surface area (Å²) in [5, 5.41) is 8.20. The van der Waals surface area contributed by atoms with E-state index in [1.165, 1.54) is 22.9 Å². The van der Waals surface area contributed by atoms with Gasteiger partial charge in [-0.2, -0.15) is 4.98 Å². The Balaban J connectivity index is 1.36. The lowest BCUT2D eigenvalue weighted by atomic mass is 9.97. The molecular weight excluding hydrogens is 422 g/mol. The van der Waals surface area contributed by atoms with E-state index in [2.05, 4.69) is 58.5 Å². The highest BCUT2D eigenvalue weighted by Gasteiger charge is 2.16. The van der Waals surface area contributed by atoms with Gasteiger partial charge in [0.2, 0.25) is 11.1 Å². The highest BCUT2D eigenvalue weighted by Crippen LogP contribution is 2.21. The molecule has 0 unspecified atom stereocenters. The summed E-state index contributed by atoms with van der Waals surface area (Å²) in [4.78, 5) is 21.4. The van der Waals surface area contributed by atoms with E-state index in [1.807, 2.05) is 6.92 Å². The number of nitrogens with one attached hydrogen (secondary N) is 1. The monoisotopic (exact) mass is 453 g/mol. The molecule has 1 aliphatic rings. The van der Waals surface area contributed by atoms with Gasteiger partial charge in [-0.15, -0.1) is 5.10 Å². The van der Waals surface area contributed by atoms with Crippen molar-refractivity contribution in [2.45, 2.75) is 51.6 Å². The van der Waals surface area contributed by atoms with Crippen molar-refractivity contribution < 1.29 is 9.53 Å². The Hall–Kier alpha value is -2.45. The minimum absolute atomic E-state index is 0.0156. The first-order valence-corrected chi connectivity index (χ1v) is 12.2. The molecule has 1 saturated heterocycles. The number of amides is 1. The van der Waals surface area contributed by atoms with Gasteiger partial charge < -0.3 is 10.1 Å². The lowest BCUT2D eigenvalue weighted by molar-refractivity contribution is -0.118. The Labute approximate surface area is 193 Å². The van der Waals surface area contributed by atoms with Crippen LogP contribution in [0.1, 0.15) is 47.3 Å². The van der Waals surface area contributed by atoms with Crippen molar-refractivity contribution >= 4 is 23.4 Å².